The molecule has 0 saturated carbocycles. The molecule has 1 aromatic carbocycles. The van der Waals surface area contributed by atoms with Crippen molar-refractivity contribution in [1.29, 1.82) is 0 Å². The second kappa shape index (κ2) is 3.95. The SMILES string of the molecule is Ic1ccc2c3c([nH]c2c1)C1(CCOC1)NCC3. The highest BCUT2D eigenvalue weighted by Crippen LogP contribution is 2.38. The number of aromatic nitrogens is 1. The van der Waals surface area contributed by atoms with Gasteiger partial charge in [-0.3, -0.25) is 0 Å². The van der Waals surface area contributed by atoms with E-state index in [1.807, 2.05) is 0 Å². The Labute approximate surface area is 119 Å². The van der Waals surface area contributed by atoms with E-state index in [2.05, 4.69) is 51.1 Å². The van der Waals surface area contributed by atoms with Crippen LogP contribution in [0.15, 0.2) is 18.2 Å². The van der Waals surface area contributed by atoms with Crippen LogP contribution in [0.25, 0.3) is 10.9 Å². The molecular weight excluding hydrogens is 339 g/mol. The van der Waals surface area contributed by atoms with Crippen molar-refractivity contribution in [3.05, 3.63) is 33.0 Å². The third-order valence-electron chi connectivity index (χ3n) is 4.21. The van der Waals surface area contributed by atoms with Gasteiger partial charge in [0.15, 0.2) is 0 Å². The Bertz CT molecular complexity index is 614. The molecule has 3 heterocycles. The van der Waals surface area contributed by atoms with E-state index in [9.17, 15) is 0 Å². The van der Waals surface area contributed by atoms with E-state index in [-0.39, 0.29) is 5.54 Å². The van der Waals surface area contributed by atoms with Gasteiger partial charge < -0.3 is 15.0 Å². The highest BCUT2D eigenvalue weighted by Gasteiger charge is 2.41. The Kier molecular flexibility index (Phi) is 2.47. The Balaban J connectivity index is 1.98. The quantitative estimate of drug-likeness (QED) is 0.714. The van der Waals surface area contributed by atoms with Crippen LogP contribution in [0.1, 0.15) is 17.7 Å². The molecule has 1 saturated heterocycles. The summed E-state index contributed by atoms with van der Waals surface area (Å²) in [5.74, 6) is 0. The first kappa shape index (κ1) is 11.3. The molecule has 2 aliphatic heterocycles. The number of benzene rings is 1. The zero-order chi connectivity index (χ0) is 12.2. The number of hydrogen-bond donors (Lipinski definition) is 2. The Morgan fingerprint density at radius 2 is 2.28 bits per heavy atom. The number of aromatic amines is 1. The highest BCUT2D eigenvalue weighted by molar-refractivity contribution is 14.1. The molecule has 94 valence electrons. The van der Waals surface area contributed by atoms with Crippen LogP contribution in [0.3, 0.4) is 0 Å². The number of nitrogens with one attached hydrogen (secondary N) is 2. The largest absolute Gasteiger partial charge is 0.379 e. The van der Waals surface area contributed by atoms with Crippen LogP contribution in [-0.2, 0) is 16.7 Å². The minimum absolute atomic E-state index is 0.0397. The van der Waals surface area contributed by atoms with Gasteiger partial charge in [-0.15, -0.1) is 0 Å². The minimum Gasteiger partial charge on any atom is -0.379 e. The second-order valence-corrected chi connectivity index (χ2v) is 6.48. The van der Waals surface area contributed by atoms with Crippen LogP contribution in [0, 0.1) is 3.57 Å². The molecule has 2 aromatic rings. The van der Waals surface area contributed by atoms with E-state index >= 15 is 0 Å². The van der Waals surface area contributed by atoms with E-state index in [0.717, 1.165) is 32.6 Å². The van der Waals surface area contributed by atoms with Crippen molar-refractivity contribution in [2.24, 2.45) is 0 Å². The zero-order valence-corrected chi connectivity index (χ0v) is 12.2. The molecule has 0 aliphatic carbocycles. The second-order valence-electron chi connectivity index (χ2n) is 5.23. The summed E-state index contributed by atoms with van der Waals surface area (Å²) in [6.45, 7) is 2.71. The first-order chi connectivity index (χ1) is 8.78. The van der Waals surface area contributed by atoms with Gasteiger partial charge in [-0.05, 0) is 53.1 Å². The lowest BCUT2D eigenvalue weighted by Crippen LogP contribution is -2.47. The van der Waals surface area contributed by atoms with Crippen molar-refractivity contribution >= 4 is 33.5 Å². The maximum absolute atomic E-state index is 5.63. The van der Waals surface area contributed by atoms with Gasteiger partial charge >= 0.3 is 0 Å². The molecule has 2 aliphatic rings. The van der Waals surface area contributed by atoms with Crippen LogP contribution in [0.2, 0.25) is 0 Å². The van der Waals surface area contributed by atoms with Gasteiger partial charge in [-0.2, -0.15) is 0 Å². The molecule has 1 aromatic heterocycles. The first-order valence-electron chi connectivity index (χ1n) is 6.42. The number of fused-ring (bicyclic) bond motifs is 4. The number of hydrogen-bond acceptors (Lipinski definition) is 2. The smallest absolute Gasteiger partial charge is 0.0848 e. The van der Waals surface area contributed by atoms with Gasteiger partial charge in [-0.25, -0.2) is 0 Å². The molecule has 2 N–H and O–H groups in total. The van der Waals surface area contributed by atoms with E-state index in [4.69, 9.17) is 4.74 Å². The molecule has 0 amide bonds. The molecule has 1 unspecified atom stereocenters. The topological polar surface area (TPSA) is 37.0 Å². The Hall–Kier alpha value is -0.590. The van der Waals surface area contributed by atoms with Gasteiger partial charge in [0.05, 0.1) is 12.1 Å². The normalized spacial score (nSPS) is 26.9. The molecule has 0 bridgehead atoms. The van der Waals surface area contributed by atoms with Gasteiger partial charge in [0.25, 0.3) is 0 Å². The van der Waals surface area contributed by atoms with Crippen molar-refractivity contribution < 1.29 is 4.74 Å². The maximum Gasteiger partial charge on any atom is 0.0848 e. The molecule has 0 radical (unpaired) electrons. The third-order valence-corrected chi connectivity index (χ3v) is 4.88. The number of H-pyrrole nitrogens is 1. The van der Waals surface area contributed by atoms with Crippen molar-refractivity contribution in [2.45, 2.75) is 18.4 Å². The number of halogens is 1. The molecule has 18 heavy (non-hydrogen) atoms. The summed E-state index contributed by atoms with van der Waals surface area (Å²) in [5.41, 5.74) is 4.16. The molecule has 4 heteroatoms. The van der Waals surface area contributed by atoms with E-state index in [1.54, 1.807) is 0 Å². The van der Waals surface area contributed by atoms with E-state index in [0.29, 0.717) is 0 Å². The van der Waals surface area contributed by atoms with Crippen LogP contribution in [0.4, 0.5) is 0 Å². The number of ether oxygens (including phenoxy) is 1. The van der Waals surface area contributed by atoms with Crippen LogP contribution in [-0.4, -0.2) is 24.7 Å². The third kappa shape index (κ3) is 1.49. The maximum atomic E-state index is 5.63. The Morgan fingerprint density at radius 3 is 3.11 bits per heavy atom. The standard InChI is InChI=1S/C14H15IN2O/c15-9-1-2-10-11-3-5-16-14(4-6-18-8-14)13(11)17-12(10)7-9/h1-2,7,16-17H,3-6,8H2. The summed E-state index contributed by atoms with van der Waals surface area (Å²) in [7, 11) is 0. The summed E-state index contributed by atoms with van der Waals surface area (Å²) in [4.78, 5) is 3.64. The van der Waals surface area contributed by atoms with E-state index in [1.165, 1.54) is 25.7 Å². The zero-order valence-electron chi connectivity index (χ0n) is 10.1. The van der Waals surface area contributed by atoms with Gasteiger partial charge in [0.2, 0.25) is 0 Å². The molecule has 1 atom stereocenters. The van der Waals surface area contributed by atoms with Crippen LogP contribution >= 0.6 is 22.6 Å². The first-order valence-corrected chi connectivity index (χ1v) is 7.50. The monoisotopic (exact) mass is 354 g/mol. The van der Waals surface area contributed by atoms with Gasteiger partial charge in [0.1, 0.15) is 0 Å². The fraction of sp³-hybridized carbons (Fsp3) is 0.429. The van der Waals surface area contributed by atoms with Crippen LogP contribution in [0.5, 0.6) is 0 Å². The summed E-state index contributed by atoms with van der Waals surface area (Å²) in [6, 6.07) is 6.68. The molecule has 4 rings (SSSR count). The summed E-state index contributed by atoms with van der Waals surface area (Å²) in [5, 5.41) is 5.06. The molecular formula is C14H15IN2O. The van der Waals surface area contributed by atoms with Crippen molar-refractivity contribution in [3.63, 3.8) is 0 Å². The summed E-state index contributed by atoms with van der Waals surface area (Å²) in [6.07, 6.45) is 2.18. The predicted molar refractivity (Wildman–Crippen MR) is 79.8 cm³/mol. The highest BCUT2D eigenvalue weighted by atomic mass is 127. The lowest BCUT2D eigenvalue weighted by atomic mass is 9.86. The predicted octanol–water partition coefficient (Wildman–Crippen LogP) is 2.53. The van der Waals surface area contributed by atoms with Crippen molar-refractivity contribution in [3.8, 4) is 0 Å². The fourth-order valence-corrected chi connectivity index (χ4v) is 3.80. The number of rotatable bonds is 0. The lowest BCUT2D eigenvalue weighted by molar-refractivity contribution is 0.162. The fourth-order valence-electron chi connectivity index (χ4n) is 3.31. The van der Waals surface area contributed by atoms with E-state index < -0.39 is 0 Å². The molecule has 3 nitrogen and oxygen atoms in total. The molecule has 1 fully saturated rings. The summed E-state index contributed by atoms with van der Waals surface area (Å²) >= 11 is 2.37. The average molecular weight is 354 g/mol. The van der Waals surface area contributed by atoms with Gasteiger partial charge in [-0.1, -0.05) is 6.07 Å². The average Bonchev–Trinajstić information content (AvgIpc) is 2.95. The minimum atomic E-state index is 0.0397. The lowest BCUT2D eigenvalue weighted by Gasteiger charge is -2.33. The van der Waals surface area contributed by atoms with Crippen LogP contribution < -0.4 is 5.32 Å². The Morgan fingerprint density at radius 1 is 1.33 bits per heavy atom. The van der Waals surface area contributed by atoms with Crippen molar-refractivity contribution in [1.82, 2.24) is 10.3 Å². The summed E-state index contributed by atoms with van der Waals surface area (Å²) < 4.78 is 6.91. The van der Waals surface area contributed by atoms with Crippen molar-refractivity contribution in [2.75, 3.05) is 19.8 Å². The van der Waals surface area contributed by atoms with Gasteiger partial charge in [0, 0.05) is 33.3 Å². The molecule has 1 spiro atoms.